The van der Waals surface area contributed by atoms with Crippen molar-refractivity contribution < 1.29 is 17.9 Å². The van der Waals surface area contributed by atoms with Crippen LogP contribution < -0.4 is 4.87 Å². The second kappa shape index (κ2) is 6.89. The third-order valence-corrected chi connectivity index (χ3v) is 7.37. The Bertz CT molecular complexity index is 953. The number of sulfonamides is 1. The smallest absolute Gasteiger partial charge is 0.309 e. The van der Waals surface area contributed by atoms with E-state index in [0.29, 0.717) is 24.1 Å². The van der Waals surface area contributed by atoms with Gasteiger partial charge >= 0.3 is 10.8 Å². The predicted octanol–water partition coefficient (Wildman–Crippen LogP) is 1.56. The molecule has 0 atom stereocenters. The molecule has 1 saturated heterocycles. The number of aromatic nitrogens is 1. The van der Waals surface area contributed by atoms with E-state index in [1.807, 2.05) is 0 Å². The van der Waals surface area contributed by atoms with E-state index in [2.05, 4.69) is 0 Å². The highest BCUT2D eigenvalue weighted by Crippen LogP contribution is 2.27. The van der Waals surface area contributed by atoms with Gasteiger partial charge in [0.2, 0.25) is 10.0 Å². The lowest BCUT2D eigenvalue weighted by Gasteiger charge is -2.30. The summed E-state index contributed by atoms with van der Waals surface area (Å²) in [4.78, 5) is 23.6. The predicted molar refractivity (Wildman–Crippen MR) is 95.2 cm³/mol. The fraction of sp³-hybridized carbons (Fsp3) is 0.500. The Hall–Kier alpha value is -1.71. The molecule has 0 amide bonds. The molecule has 0 spiro atoms. The average Bonchev–Trinajstić information content (AvgIpc) is 2.89. The van der Waals surface area contributed by atoms with Gasteiger partial charge < -0.3 is 9.30 Å². The number of esters is 1. The monoisotopic (exact) mass is 384 g/mol. The zero-order valence-electron chi connectivity index (χ0n) is 14.1. The molecule has 0 unspecified atom stereocenters. The van der Waals surface area contributed by atoms with E-state index in [4.69, 9.17) is 4.74 Å². The van der Waals surface area contributed by atoms with Crippen molar-refractivity contribution in [2.75, 3.05) is 19.7 Å². The van der Waals surface area contributed by atoms with Gasteiger partial charge in [-0.2, -0.15) is 4.31 Å². The highest BCUT2D eigenvalue weighted by atomic mass is 32.2. The van der Waals surface area contributed by atoms with Crippen LogP contribution in [-0.2, 0) is 26.6 Å². The molecule has 0 saturated carbocycles. The van der Waals surface area contributed by atoms with Gasteiger partial charge in [0.05, 0.1) is 27.6 Å². The average molecular weight is 384 g/mol. The number of ether oxygens (including phenoxy) is 1. The number of hydrogen-bond acceptors (Lipinski definition) is 6. The first-order chi connectivity index (χ1) is 11.8. The summed E-state index contributed by atoms with van der Waals surface area (Å²) in [5, 5.41) is 0. The summed E-state index contributed by atoms with van der Waals surface area (Å²) >= 11 is 1.03. The summed E-state index contributed by atoms with van der Waals surface area (Å²) in [5.74, 6) is -0.497. The Morgan fingerprint density at radius 3 is 2.64 bits per heavy atom. The fourth-order valence-electron chi connectivity index (χ4n) is 3.02. The number of nitrogens with zero attached hydrogens (tertiary/aromatic N) is 2. The van der Waals surface area contributed by atoms with Gasteiger partial charge in [-0.3, -0.25) is 9.59 Å². The molecule has 1 aliphatic heterocycles. The number of rotatable bonds is 4. The van der Waals surface area contributed by atoms with Crippen molar-refractivity contribution in [2.45, 2.75) is 24.7 Å². The maximum atomic E-state index is 12.9. The molecule has 136 valence electrons. The van der Waals surface area contributed by atoms with Gasteiger partial charge in [0.15, 0.2) is 0 Å². The second-order valence-electron chi connectivity index (χ2n) is 5.99. The van der Waals surface area contributed by atoms with E-state index in [9.17, 15) is 18.0 Å². The Labute approximate surface area is 149 Å². The van der Waals surface area contributed by atoms with E-state index in [0.717, 1.165) is 16.9 Å². The van der Waals surface area contributed by atoms with Gasteiger partial charge in [0, 0.05) is 20.1 Å². The van der Waals surface area contributed by atoms with Crippen molar-refractivity contribution in [1.82, 2.24) is 8.87 Å². The Morgan fingerprint density at radius 2 is 2.00 bits per heavy atom. The summed E-state index contributed by atoms with van der Waals surface area (Å²) in [6.45, 7) is 2.66. The summed E-state index contributed by atoms with van der Waals surface area (Å²) < 4.78 is 34.3. The maximum Gasteiger partial charge on any atom is 0.309 e. The van der Waals surface area contributed by atoms with Crippen molar-refractivity contribution in [3.05, 3.63) is 27.9 Å². The lowest BCUT2D eigenvalue weighted by molar-refractivity contribution is -0.149. The van der Waals surface area contributed by atoms with E-state index >= 15 is 0 Å². The molecule has 2 aromatic rings. The third-order valence-electron chi connectivity index (χ3n) is 4.48. The van der Waals surface area contributed by atoms with E-state index in [-0.39, 0.29) is 34.7 Å². The van der Waals surface area contributed by atoms with Crippen molar-refractivity contribution >= 4 is 37.5 Å². The Morgan fingerprint density at radius 1 is 1.32 bits per heavy atom. The van der Waals surface area contributed by atoms with Gasteiger partial charge in [-0.25, -0.2) is 8.42 Å². The molecule has 25 heavy (non-hydrogen) atoms. The normalized spacial score (nSPS) is 17.0. The lowest BCUT2D eigenvalue weighted by Crippen LogP contribution is -2.40. The first-order valence-electron chi connectivity index (χ1n) is 8.11. The zero-order chi connectivity index (χ0) is 18.2. The van der Waals surface area contributed by atoms with Crippen molar-refractivity contribution in [3.63, 3.8) is 0 Å². The molecular weight excluding hydrogens is 364 g/mol. The van der Waals surface area contributed by atoms with E-state index in [1.54, 1.807) is 26.1 Å². The second-order valence-corrected chi connectivity index (χ2v) is 8.92. The molecule has 2 heterocycles. The van der Waals surface area contributed by atoms with Crippen molar-refractivity contribution in [1.29, 1.82) is 0 Å². The summed E-state index contributed by atoms with van der Waals surface area (Å²) in [6, 6.07) is 4.74. The number of carbonyl (C=O) groups excluding carboxylic acids is 1. The largest absolute Gasteiger partial charge is 0.466 e. The molecule has 0 radical (unpaired) electrons. The van der Waals surface area contributed by atoms with Crippen LogP contribution in [0.5, 0.6) is 0 Å². The zero-order valence-corrected chi connectivity index (χ0v) is 15.7. The van der Waals surface area contributed by atoms with Crippen LogP contribution in [0, 0.1) is 5.92 Å². The van der Waals surface area contributed by atoms with Crippen LogP contribution in [0.3, 0.4) is 0 Å². The van der Waals surface area contributed by atoms with Crippen molar-refractivity contribution in [2.24, 2.45) is 13.0 Å². The van der Waals surface area contributed by atoms with Crippen LogP contribution in [0.25, 0.3) is 10.2 Å². The molecule has 1 aromatic carbocycles. The van der Waals surface area contributed by atoms with Crippen LogP contribution >= 0.6 is 11.3 Å². The quantitative estimate of drug-likeness (QED) is 0.747. The van der Waals surface area contributed by atoms with Gasteiger partial charge in [0.1, 0.15) is 0 Å². The highest BCUT2D eigenvalue weighted by Gasteiger charge is 2.32. The number of thiazole rings is 1. The van der Waals surface area contributed by atoms with Gasteiger partial charge in [-0.15, -0.1) is 0 Å². The standard InChI is InChI=1S/C16H20N2O5S2/c1-3-23-15(19)11-6-8-18(9-7-11)25(21,22)12-4-5-13-14(10-12)24-16(20)17(13)2/h4-5,10-11H,3,6-9H2,1-2H3. The number of fused-ring (bicyclic) bond motifs is 1. The Balaban J connectivity index is 1.81. The summed E-state index contributed by atoms with van der Waals surface area (Å²) in [5.41, 5.74) is 0.718. The molecule has 7 nitrogen and oxygen atoms in total. The summed E-state index contributed by atoms with van der Waals surface area (Å²) in [6.07, 6.45) is 0.915. The minimum atomic E-state index is -3.64. The molecule has 1 fully saturated rings. The van der Waals surface area contributed by atoms with Gasteiger partial charge in [-0.1, -0.05) is 11.3 Å². The molecule has 0 aliphatic carbocycles. The topological polar surface area (TPSA) is 85.7 Å². The third kappa shape index (κ3) is 3.36. The van der Waals surface area contributed by atoms with Crippen LogP contribution in [-0.4, -0.2) is 43.0 Å². The minimum absolute atomic E-state index is 0.125. The van der Waals surface area contributed by atoms with E-state index in [1.165, 1.54) is 14.9 Å². The van der Waals surface area contributed by atoms with Crippen LogP contribution in [0.15, 0.2) is 27.9 Å². The minimum Gasteiger partial charge on any atom is -0.466 e. The molecule has 9 heteroatoms. The van der Waals surface area contributed by atoms with Crippen LogP contribution in [0.2, 0.25) is 0 Å². The molecule has 1 aliphatic rings. The Kier molecular flexibility index (Phi) is 4.99. The molecule has 0 N–H and O–H groups in total. The number of aryl methyl sites for hydroxylation is 1. The fourth-order valence-corrected chi connectivity index (χ4v) is 5.51. The van der Waals surface area contributed by atoms with Crippen LogP contribution in [0.1, 0.15) is 19.8 Å². The van der Waals surface area contributed by atoms with Gasteiger partial charge in [0.25, 0.3) is 0 Å². The van der Waals surface area contributed by atoms with Crippen molar-refractivity contribution in [3.8, 4) is 0 Å². The SMILES string of the molecule is CCOC(=O)C1CCN(S(=O)(=O)c2ccc3c(c2)sc(=O)n3C)CC1. The number of carbonyl (C=O) groups is 1. The van der Waals surface area contributed by atoms with Gasteiger partial charge in [-0.05, 0) is 38.0 Å². The molecular formula is C16H20N2O5S2. The van der Waals surface area contributed by atoms with E-state index < -0.39 is 10.0 Å². The first kappa shape index (κ1) is 18.1. The maximum absolute atomic E-state index is 12.9. The number of hydrogen-bond donors (Lipinski definition) is 0. The lowest BCUT2D eigenvalue weighted by atomic mass is 9.98. The van der Waals surface area contributed by atoms with Crippen LogP contribution in [0.4, 0.5) is 0 Å². The molecule has 1 aromatic heterocycles. The molecule has 0 bridgehead atoms. The summed E-state index contributed by atoms with van der Waals surface area (Å²) in [7, 11) is -1.98. The molecule has 3 rings (SSSR count). The first-order valence-corrected chi connectivity index (χ1v) is 10.4. The number of benzene rings is 1. The number of piperidine rings is 1. The highest BCUT2D eigenvalue weighted by molar-refractivity contribution is 7.89.